The molecule has 1 amide bonds. The molecular formula is C18H17N5O2S2. The number of aryl methyl sites for hydroxylation is 1. The van der Waals surface area contributed by atoms with Crippen molar-refractivity contribution in [3.63, 3.8) is 0 Å². The van der Waals surface area contributed by atoms with Gasteiger partial charge in [0.05, 0.1) is 10.9 Å². The smallest absolute Gasteiger partial charge is 0.239 e. The van der Waals surface area contributed by atoms with Crippen LogP contribution in [-0.2, 0) is 11.8 Å². The van der Waals surface area contributed by atoms with Crippen molar-refractivity contribution in [3.05, 3.63) is 41.4 Å². The Morgan fingerprint density at radius 2 is 2.15 bits per heavy atom. The van der Waals surface area contributed by atoms with E-state index in [4.69, 9.17) is 4.42 Å². The minimum atomic E-state index is -0.347. The van der Waals surface area contributed by atoms with Crippen LogP contribution in [0.15, 0.2) is 45.3 Å². The second-order valence-corrected chi connectivity index (χ2v) is 8.22. The summed E-state index contributed by atoms with van der Waals surface area (Å²) in [6.07, 6.45) is 0. The molecule has 7 nitrogen and oxygen atoms in total. The van der Waals surface area contributed by atoms with E-state index >= 15 is 0 Å². The molecular weight excluding hydrogens is 382 g/mol. The number of hydrogen-bond acceptors (Lipinski definition) is 7. The fourth-order valence-electron chi connectivity index (χ4n) is 2.55. The third-order valence-electron chi connectivity index (χ3n) is 3.98. The first-order valence-electron chi connectivity index (χ1n) is 8.29. The van der Waals surface area contributed by atoms with Crippen LogP contribution in [0, 0.1) is 6.92 Å². The number of para-hydroxylation sites is 1. The van der Waals surface area contributed by atoms with Crippen molar-refractivity contribution in [2.75, 3.05) is 5.32 Å². The molecule has 3 heterocycles. The van der Waals surface area contributed by atoms with Crippen LogP contribution in [0.2, 0.25) is 0 Å². The van der Waals surface area contributed by atoms with Crippen LogP contribution in [0.1, 0.15) is 12.6 Å². The average Bonchev–Trinajstić information content (AvgIpc) is 3.34. The minimum absolute atomic E-state index is 0.123. The van der Waals surface area contributed by atoms with Gasteiger partial charge in [-0.2, -0.15) is 0 Å². The highest BCUT2D eigenvalue weighted by molar-refractivity contribution is 8.00. The van der Waals surface area contributed by atoms with Crippen molar-refractivity contribution in [2.45, 2.75) is 24.3 Å². The molecule has 4 rings (SSSR count). The molecule has 4 aromatic rings. The van der Waals surface area contributed by atoms with Gasteiger partial charge in [-0.25, -0.2) is 4.98 Å². The number of thioether (sulfide) groups is 1. The molecule has 9 heteroatoms. The number of nitrogens with zero attached hydrogens (tertiary/aromatic N) is 4. The van der Waals surface area contributed by atoms with Gasteiger partial charge in [-0.15, -0.1) is 21.5 Å². The first-order valence-corrected chi connectivity index (χ1v) is 10.0. The number of rotatable bonds is 5. The van der Waals surface area contributed by atoms with Gasteiger partial charge in [-0.3, -0.25) is 4.79 Å². The monoisotopic (exact) mass is 399 g/mol. The lowest BCUT2D eigenvalue weighted by Crippen LogP contribution is -2.22. The zero-order chi connectivity index (χ0) is 19.0. The number of hydrogen-bond donors (Lipinski definition) is 1. The van der Waals surface area contributed by atoms with Gasteiger partial charge in [0.25, 0.3) is 0 Å². The van der Waals surface area contributed by atoms with Gasteiger partial charge < -0.3 is 14.3 Å². The van der Waals surface area contributed by atoms with E-state index in [9.17, 15) is 4.79 Å². The predicted octanol–water partition coefficient (Wildman–Crippen LogP) is 4.11. The Morgan fingerprint density at radius 1 is 1.33 bits per heavy atom. The Hall–Kier alpha value is -2.65. The molecule has 138 valence electrons. The summed E-state index contributed by atoms with van der Waals surface area (Å²) in [5, 5.41) is 15.1. The zero-order valence-corrected chi connectivity index (χ0v) is 16.6. The summed E-state index contributed by atoms with van der Waals surface area (Å²) in [6, 6.07) is 9.73. The molecule has 0 aliphatic heterocycles. The third kappa shape index (κ3) is 3.60. The molecule has 0 saturated carbocycles. The molecule has 3 aromatic heterocycles. The Balaban J connectivity index is 1.50. The third-order valence-corrected chi connectivity index (χ3v) is 5.99. The van der Waals surface area contributed by atoms with Crippen LogP contribution in [0.5, 0.6) is 0 Å². The zero-order valence-electron chi connectivity index (χ0n) is 15.0. The van der Waals surface area contributed by atoms with Crippen molar-refractivity contribution in [1.82, 2.24) is 19.7 Å². The van der Waals surface area contributed by atoms with E-state index in [1.165, 1.54) is 23.1 Å². The second-order valence-electron chi connectivity index (χ2n) is 6.06. The molecule has 0 saturated heterocycles. The van der Waals surface area contributed by atoms with E-state index in [1.807, 2.05) is 61.2 Å². The molecule has 1 atom stereocenters. The Bertz CT molecular complexity index is 1080. The molecule has 27 heavy (non-hydrogen) atoms. The van der Waals surface area contributed by atoms with Crippen LogP contribution in [0.25, 0.3) is 22.6 Å². The Morgan fingerprint density at radius 3 is 2.89 bits per heavy atom. The number of furan rings is 1. The van der Waals surface area contributed by atoms with Crippen molar-refractivity contribution >= 4 is 45.1 Å². The largest absolute Gasteiger partial charge is 0.453 e. The lowest BCUT2D eigenvalue weighted by atomic mass is 10.2. The fourth-order valence-corrected chi connectivity index (χ4v) is 4.06. The van der Waals surface area contributed by atoms with Gasteiger partial charge >= 0.3 is 0 Å². The molecule has 0 aliphatic carbocycles. The molecule has 0 aliphatic rings. The first kappa shape index (κ1) is 17.7. The quantitative estimate of drug-likeness (QED) is 0.508. The molecule has 0 radical (unpaired) electrons. The van der Waals surface area contributed by atoms with Gasteiger partial charge in [0.1, 0.15) is 5.58 Å². The number of carbonyl (C=O) groups excluding carboxylic acids is 1. The van der Waals surface area contributed by atoms with Gasteiger partial charge in [-0.1, -0.05) is 30.0 Å². The van der Waals surface area contributed by atoms with Crippen molar-refractivity contribution < 1.29 is 9.21 Å². The number of carbonyl (C=O) groups is 1. The average molecular weight is 400 g/mol. The normalized spacial score (nSPS) is 12.4. The van der Waals surface area contributed by atoms with Crippen molar-refractivity contribution in [1.29, 1.82) is 0 Å². The molecule has 1 N–H and O–H groups in total. The highest BCUT2D eigenvalue weighted by atomic mass is 32.2. The SMILES string of the molecule is Cc1csc(NC(=O)[C@H](C)Sc2nnc(-c3cc4ccccc4o3)n2C)n1. The lowest BCUT2D eigenvalue weighted by Gasteiger charge is -2.09. The molecule has 0 bridgehead atoms. The highest BCUT2D eigenvalue weighted by Crippen LogP contribution is 2.30. The summed E-state index contributed by atoms with van der Waals surface area (Å²) in [6.45, 7) is 3.72. The van der Waals surface area contributed by atoms with Gasteiger partial charge in [0, 0.05) is 17.8 Å². The van der Waals surface area contributed by atoms with Crippen molar-refractivity contribution in [2.24, 2.45) is 7.05 Å². The van der Waals surface area contributed by atoms with Crippen LogP contribution in [0.4, 0.5) is 5.13 Å². The second kappa shape index (κ2) is 7.16. The molecule has 1 aromatic carbocycles. The molecule has 0 fully saturated rings. The topological polar surface area (TPSA) is 85.8 Å². The summed E-state index contributed by atoms with van der Waals surface area (Å²) < 4.78 is 7.70. The van der Waals surface area contributed by atoms with Crippen LogP contribution >= 0.6 is 23.1 Å². The van der Waals surface area contributed by atoms with E-state index in [-0.39, 0.29) is 11.2 Å². The number of amides is 1. The first-order chi connectivity index (χ1) is 13.0. The maximum atomic E-state index is 12.4. The Kier molecular flexibility index (Phi) is 4.71. The summed E-state index contributed by atoms with van der Waals surface area (Å²) in [4.78, 5) is 16.6. The van der Waals surface area contributed by atoms with Crippen molar-refractivity contribution in [3.8, 4) is 11.6 Å². The Labute approximate surface area is 163 Å². The predicted molar refractivity (Wildman–Crippen MR) is 107 cm³/mol. The van der Waals surface area contributed by atoms with E-state index in [0.717, 1.165) is 16.7 Å². The summed E-state index contributed by atoms with van der Waals surface area (Å²) in [5.74, 6) is 1.15. The maximum absolute atomic E-state index is 12.4. The standard InChI is InChI=1S/C18H17N5O2S2/c1-10-9-26-17(19-10)20-16(24)11(2)27-18-22-21-15(23(18)3)14-8-12-6-4-5-7-13(12)25-14/h4-9,11H,1-3H3,(H,19,20,24)/t11-/m0/s1. The number of nitrogens with one attached hydrogen (secondary N) is 1. The van der Waals surface area contributed by atoms with Crippen LogP contribution in [-0.4, -0.2) is 30.9 Å². The summed E-state index contributed by atoms with van der Waals surface area (Å²) in [7, 11) is 1.86. The summed E-state index contributed by atoms with van der Waals surface area (Å²) >= 11 is 2.75. The van der Waals surface area contributed by atoms with E-state index in [1.54, 1.807) is 0 Å². The maximum Gasteiger partial charge on any atom is 0.239 e. The van der Waals surface area contributed by atoms with Crippen LogP contribution < -0.4 is 5.32 Å². The minimum Gasteiger partial charge on any atom is -0.453 e. The van der Waals surface area contributed by atoms with Gasteiger partial charge in [-0.05, 0) is 26.0 Å². The number of thiazole rings is 1. The van der Waals surface area contributed by atoms with E-state index in [0.29, 0.717) is 21.9 Å². The number of aromatic nitrogens is 4. The van der Waals surface area contributed by atoms with Gasteiger partial charge in [0.15, 0.2) is 21.9 Å². The van der Waals surface area contributed by atoms with E-state index in [2.05, 4.69) is 20.5 Å². The molecule has 0 unspecified atom stereocenters. The van der Waals surface area contributed by atoms with E-state index < -0.39 is 0 Å². The fraction of sp³-hybridized carbons (Fsp3) is 0.222. The molecule has 0 spiro atoms. The van der Waals surface area contributed by atoms with Crippen LogP contribution in [0.3, 0.4) is 0 Å². The summed E-state index contributed by atoms with van der Waals surface area (Å²) in [5.41, 5.74) is 1.69. The van der Waals surface area contributed by atoms with Gasteiger partial charge in [0.2, 0.25) is 5.91 Å². The number of fused-ring (bicyclic) bond motifs is 1. The lowest BCUT2D eigenvalue weighted by molar-refractivity contribution is -0.115. The number of benzene rings is 1. The number of anilines is 1. The highest BCUT2D eigenvalue weighted by Gasteiger charge is 2.21.